The van der Waals surface area contributed by atoms with Gasteiger partial charge in [-0.05, 0) is 12.1 Å². The quantitative estimate of drug-likeness (QED) is 0.732. The van der Waals surface area contributed by atoms with E-state index in [9.17, 15) is 0 Å². The highest BCUT2D eigenvalue weighted by Gasteiger charge is 1.97. The molecule has 2 rings (SSSR count). The van der Waals surface area contributed by atoms with Crippen molar-refractivity contribution in [3.8, 4) is 0 Å². The molecule has 3 nitrogen and oxygen atoms in total. The predicted molar refractivity (Wildman–Crippen MR) is 55.9 cm³/mol. The maximum atomic E-state index is 4.15. The fourth-order valence-corrected chi connectivity index (χ4v) is 1.25. The summed E-state index contributed by atoms with van der Waals surface area (Å²) in [5.74, 6) is 1.45. The molecule has 0 bridgehead atoms. The molecule has 0 saturated heterocycles. The van der Waals surface area contributed by atoms with E-state index in [1.54, 1.807) is 12.4 Å². The molecule has 0 aliphatic heterocycles. The summed E-state index contributed by atoms with van der Waals surface area (Å²) in [6, 6.07) is 1.88. The average molecular weight is 191 g/mol. The Bertz CT molecular complexity index is 433. The van der Waals surface area contributed by atoms with Crippen molar-refractivity contribution in [2.75, 3.05) is 5.75 Å². The predicted octanol–water partition coefficient (Wildman–Crippen LogP) is 1.67. The van der Waals surface area contributed by atoms with Gasteiger partial charge in [0.05, 0.1) is 11.9 Å². The van der Waals surface area contributed by atoms with Gasteiger partial charge in [0.15, 0.2) is 0 Å². The van der Waals surface area contributed by atoms with Crippen LogP contribution in [-0.4, -0.2) is 20.1 Å². The van der Waals surface area contributed by atoms with Crippen LogP contribution in [0.15, 0.2) is 30.7 Å². The lowest BCUT2D eigenvalue weighted by molar-refractivity contribution is 1.10. The number of thiol groups is 1. The van der Waals surface area contributed by atoms with Crippen LogP contribution >= 0.6 is 12.6 Å². The molecule has 0 aliphatic carbocycles. The molecule has 0 atom stereocenters. The van der Waals surface area contributed by atoms with E-state index in [-0.39, 0.29) is 0 Å². The standard InChI is InChI=1S/C9H9N3S/c13-6-1-3-8-7-11-9-10-4-2-5-12(8)9/h1-5,7,13H,6H2. The van der Waals surface area contributed by atoms with Crippen molar-refractivity contribution in [1.29, 1.82) is 0 Å². The molecule has 0 amide bonds. The van der Waals surface area contributed by atoms with Crippen molar-refractivity contribution >= 4 is 24.5 Å². The van der Waals surface area contributed by atoms with E-state index in [1.165, 1.54) is 0 Å². The van der Waals surface area contributed by atoms with Gasteiger partial charge in [0.25, 0.3) is 0 Å². The van der Waals surface area contributed by atoms with Gasteiger partial charge in [-0.25, -0.2) is 9.97 Å². The Morgan fingerprint density at radius 3 is 3.23 bits per heavy atom. The van der Waals surface area contributed by atoms with E-state index >= 15 is 0 Å². The van der Waals surface area contributed by atoms with E-state index in [0.717, 1.165) is 17.2 Å². The van der Waals surface area contributed by atoms with Crippen molar-refractivity contribution in [3.05, 3.63) is 36.4 Å². The van der Waals surface area contributed by atoms with Crippen LogP contribution < -0.4 is 0 Å². The molecule has 2 aromatic heterocycles. The first-order valence-corrected chi connectivity index (χ1v) is 4.60. The summed E-state index contributed by atoms with van der Waals surface area (Å²) in [7, 11) is 0. The van der Waals surface area contributed by atoms with Gasteiger partial charge in [-0.3, -0.25) is 4.40 Å². The number of hydrogen-bond acceptors (Lipinski definition) is 3. The van der Waals surface area contributed by atoms with Crippen LogP contribution in [0.25, 0.3) is 11.9 Å². The Morgan fingerprint density at radius 2 is 2.38 bits per heavy atom. The molecular formula is C9H9N3S. The molecule has 0 unspecified atom stereocenters. The Balaban J connectivity index is 2.52. The lowest BCUT2D eigenvalue weighted by Crippen LogP contribution is -1.87. The number of nitrogens with zero attached hydrogens (tertiary/aromatic N) is 3. The number of aromatic nitrogens is 3. The molecule has 2 aromatic rings. The highest BCUT2D eigenvalue weighted by atomic mass is 32.1. The fourth-order valence-electron chi connectivity index (χ4n) is 1.14. The van der Waals surface area contributed by atoms with Crippen LogP contribution in [0.5, 0.6) is 0 Å². The first-order valence-electron chi connectivity index (χ1n) is 3.97. The van der Waals surface area contributed by atoms with E-state index in [1.807, 2.05) is 28.8 Å². The summed E-state index contributed by atoms with van der Waals surface area (Å²) in [5.41, 5.74) is 1.03. The van der Waals surface area contributed by atoms with Crippen LogP contribution in [0.4, 0.5) is 0 Å². The van der Waals surface area contributed by atoms with Crippen molar-refractivity contribution in [1.82, 2.24) is 14.4 Å². The maximum Gasteiger partial charge on any atom is 0.234 e. The lowest BCUT2D eigenvalue weighted by atomic mass is 10.4. The van der Waals surface area contributed by atoms with E-state index in [4.69, 9.17) is 0 Å². The van der Waals surface area contributed by atoms with Gasteiger partial charge < -0.3 is 0 Å². The second-order valence-electron chi connectivity index (χ2n) is 2.56. The van der Waals surface area contributed by atoms with Crippen LogP contribution in [-0.2, 0) is 0 Å². The molecular weight excluding hydrogens is 182 g/mol. The average Bonchev–Trinajstić information content (AvgIpc) is 2.58. The Hall–Kier alpha value is -1.29. The Labute approximate surface area is 81.5 Å². The zero-order valence-electron chi connectivity index (χ0n) is 6.96. The largest absolute Gasteiger partial charge is 0.284 e. The third-order valence-corrected chi connectivity index (χ3v) is 1.92. The summed E-state index contributed by atoms with van der Waals surface area (Å²) in [6.07, 6.45) is 9.42. The van der Waals surface area contributed by atoms with Crippen molar-refractivity contribution < 1.29 is 0 Å². The number of fused-ring (bicyclic) bond motifs is 1. The van der Waals surface area contributed by atoms with E-state index in [2.05, 4.69) is 22.6 Å². The lowest BCUT2D eigenvalue weighted by Gasteiger charge is -1.92. The molecule has 0 fully saturated rings. The molecule has 4 heteroatoms. The molecule has 0 N–H and O–H groups in total. The number of rotatable bonds is 2. The maximum absolute atomic E-state index is 4.15. The molecule has 66 valence electrons. The van der Waals surface area contributed by atoms with Crippen LogP contribution in [0, 0.1) is 0 Å². The summed E-state index contributed by atoms with van der Waals surface area (Å²) < 4.78 is 1.93. The fraction of sp³-hybridized carbons (Fsp3) is 0.111. The normalized spacial score (nSPS) is 11.5. The third kappa shape index (κ3) is 1.58. The molecule has 13 heavy (non-hydrogen) atoms. The van der Waals surface area contributed by atoms with E-state index < -0.39 is 0 Å². The smallest absolute Gasteiger partial charge is 0.234 e. The van der Waals surface area contributed by atoms with Gasteiger partial charge >= 0.3 is 0 Å². The van der Waals surface area contributed by atoms with Crippen molar-refractivity contribution in [2.45, 2.75) is 0 Å². The van der Waals surface area contributed by atoms with Crippen LogP contribution in [0.3, 0.4) is 0 Å². The number of imidazole rings is 1. The first-order chi connectivity index (χ1) is 6.42. The summed E-state index contributed by atoms with van der Waals surface area (Å²) in [4.78, 5) is 8.26. The summed E-state index contributed by atoms with van der Waals surface area (Å²) in [6.45, 7) is 0. The molecule has 0 saturated carbocycles. The monoisotopic (exact) mass is 191 g/mol. The summed E-state index contributed by atoms with van der Waals surface area (Å²) in [5, 5.41) is 0. The topological polar surface area (TPSA) is 30.2 Å². The van der Waals surface area contributed by atoms with Gasteiger partial charge in [-0.1, -0.05) is 6.08 Å². The zero-order chi connectivity index (χ0) is 9.10. The minimum absolute atomic E-state index is 0.723. The van der Waals surface area contributed by atoms with Gasteiger partial charge in [0.1, 0.15) is 0 Å². The van der Waals surface area contributed by atoms with Crippen molar-refractivity contribution in [2.24, 2.45) is 0 Å². The molecule has 2 heterocycles. The Kier molecular flexibility index (Phi) is 2.31. The van der Waals surface area contributed by atoms with E-state index in [0.29, 0.717) is 0 Å². The highest BCUT2D eigenvalue weighted by Crippen LogP contribution is 2.05. The molecule has 0 radical (unpaired) electrons. The Morgan fingerprint density at radius 1 is 1.46 bits per heavy atom. The van der Waals surface area contributed by atoms with Crippen LogP contribution in [0.2, 0.25) is 0 Å². The second-order valence-corrected chi connectivity index (χ2v) is 2.92. The third-order valence-electron chi connectivity index (χ3n) is 1.71. The van der Waals surface area contributed by atoms with Crippen LogP contribution in [0.1, 0.15) is 5.69 Å². The van der Waals surface area contributed by atoms with Gasteiger partial charge in [0, 0.05) is 18.1 Å². The molecule has 0 aliphatic rings. The SMILES string of the molecule is SCC=Cc1cnc2ncccn12. The zero-order valence-corrected chi connectivity index (χ0v) is 7.85. The summed E-state index contributed by atoms with van der Waals surface area (Å²) >= 11 is 4.09. The minimum atomic E-state index is 0.723. The number of hydrogen-bond donors (Lipinski definition) is 1. The first kappa shape index (κ1) is 8.31. The highest BCUT2D eigenvalue weighted by molar-refractivity contribution is 7.80. The van der Waals surface area contributed by atoms with Crippen molar-refractivity contribution in [3.63, 3.8) is 0 Å². The molecule has 0 aromatic carbocycles. The second kappa shape index (κ2) is 3.62. The van der Waals surface area contributed by atoms with Gasteiger partial charge in [0.2, 0.25) is 5.78 Å². The van der Waals surface area contributed by atoms with Gasteiger partial charge in [-0.2, -0.15) is 12.6 Å². The minimum Gasteiger partial charge on any atom is -0.284 e. The molecule has 0 spiro atoms. The van der Waals surface area contributed by atoms with Gasteiger partial charge in [-0.15, -0.1) is 0 Å².